The van der Waals surface area contributed by atoms with E-state index in [1.807, 2.05) is 6.07 Å². The fraction of sp³-hybridized carbons (Fsp3) is 0.462. The molecule has 0 saturated carbocycles. The highest BCUT2D eigenvalue weighted by molar-refractivity contribution is 9.13. The van der Waals surface area contributed by atoms with E-state index in [1.54, 1.807) is 0 Å². The van der Waals surface area contributed by atoms with Gasteiger partial charge in [-0.05, 0) is 70.0 Å². The third kappa shape index (κ3) is 3.93. The Hall–Kier alpha value is -0.130. The van der Waals surface area contributed by atoms with Gasteiger partial charge in [0.25, 0.3) is 5.91 Å². The molecule has 0 spiro atoms. The van der Waals surface area contributed by atoms with Crippen molar-refractivity contribution in [2.24, 2.45) is 0 Å². The first-order valence-electron chi connectivity index (χ1n) is 6.08. The lowest BCUT2D eigenvalue weighted by Crippen LogP contribution is -2.24. The summed E-state index contributed by atoms with van der Waals surface area (Å²) in [4.78, 5) is 12.6. The third-order valence-corrected chi connectivity index (χ3v) is 6.24. The first-order chi connectivity index (χ1) is 8.66. The molecule has 18 heavy (non-hydrogen) atoms. The van der Waals surface area contributed by atoms with Crippen molar-refractivity contribution in [1.29, 1.82) is 0 Å². The van der Waals surface area contributed by atoms with Gasteiger partial charge in [0.1, 0.15) is 0 Å². The molecule has 0 unspecified atom stereocenters. The number of thiophene rings is 1. The molecule has 0 saturated heterocycles. The number of carbonyl (C=O) groups excluding carboxylic acids is 1. The van der Waals surface area contributed by atoms with E-state index in [1.165, 1.54) is 42.6 Å². The second-order valence-corrected chi connectivity index (χ2v) is 7.57. The van der Waals surface area contributed by atoms with Gasteiger partial charge in [0, 0.05) is 11.0 Å². The van der Waals surface area contributed by atoms with Crippen molar-refractivity contribution in [2.45, 2.75) is 32.1 Å². The number of halogens is 2. The van der Waals surface area contributed by atoms with Gasteiger partial charge in [-0.3, -0.25) is 4.79 Å². The van der Waals surface area contributed by atoms with Crippen LogP contribution in [0.25, 0.3) is 0 Å². The van der Waals surface area contributed by atoms with E-state index >= 15 is 0 Å². The van der Waals surface area contributed by atoms with Crippen molar-refractivity contribution in [3.8, 4) is 0 Å². The summed E-state index contributed by atoms with van der Waals surface area (Å²) in [6.07, 6.45) is 8.32. The molecule has 0 fully saturated rings. The lowest BCUT2D eigenvalue weighted by Gasteiger charge is -2.12. The van der Waals surface area contributed by atoms with E-state index in [4.69, 9.17) is 0 Å². The SMILES string of the molecule is O=C(NCCC1=CCCCC1)c1cc(Br)c(Br)s1. The van der Waals surface area contributed by atoms with E-state index < -0.39 is 0 Å². The fourth-order valence-electron chi connectivity index (χ4n) is 2.01. The average molecular weight is 393 g/mol. The van der Waals surface area contributed by atoms with Crippen LogP contribution in [0.2, 0.25) is 0 Å². The Kier molecular flexibility index (Phi) is 5.45. The minimum absolute atomic E-state index is 0.0165. The predicted octanol–water partition coefficient (Wildman–Crippen LogP) is 4.89. The molecule has 5 heteroatoms. The number of hydrogen-bond acceptors (Lipinski definition) is 2. The summed E-state index contributed by atoms with van der Waals surface area (Å²) in [7, 11) is 0. The molecule has 1 N–H and O–H groups in total. The molecular weight excluding hydrogens is 378 g/mol. The van der Waals surface area contributed by atoms with Crippen LogP contribution in [0.3, 0.4) is 0 Å². The second kappa shape index (κ2) is 6.87. The molecular formula is C13H15Br2NOS. The van der Waals surface area contributed by atoms with Gasteiger partial charge < -0.3 is 5.32 Å². The Morgan fingerprint density at radius 2 is 2.22 bits per heavy atom. The molecule has 0 radical (unpaired) electrons. The van der Waals surface area contributed by atoms with Crippen molar-refractivity contribution < 1.29 is 4.79 Å². The zero-order chi connectivity index (χ0) is 13.0. The molecule has 0 aliphatic heterocycles. The summed E-state index contributed by atoms with van der Waals surface area (Å²) in [6.45, 7) is 0.734. The number of carbonyl (C=O) groups is 1. The highest BCUT2D eigenvalue weighted by atomic mass is 79.9. The van der Waals surface area contributed by atoms with Gasteiger partial charge in [-0.2, -0.15) is 0 Å². The summed E-state index contributed by atoms with van der Waals surface area (Å²) < 4.78 is 1.90. The Balaban J connectivity index is 1.79. The smallest absolute Gasteiger partial charge is 0.261 e. The Labute approximate surface area is 128 Å². The van der Waals surface area contributed by atoms with Crippen molar-refractivity contribution >= 4 is 49.1 Å². The topological polar surface area (TPSA) is 29.1 Å². The van der Waals surface area contributed by atoms with Crippen molar-refractivity contribution in [1.82, 2.24) is 5.32 Å². The summed E-state index contributed by atoms with van der Waals surface area (Å²) >= 11 is 8.24. The first kappa shape index (κ1) is 14.3. The van der Waals surface area contributed by atoms with Gasteiger partial charge in [-0.25, -0.2) is 0 Å². The maximum Gasteiger partial charge on any atom is 0.261 e. The van der Waals surface area contributed by atoms with E-state index in [-0.39, 0.29) is 5.91 Å². The second-order valence-electron chi connectivity index (χ2n) is 4.35. The minimum Gasteiger partial charge on any atom is -0.351 e. The quantitative estimate of drug-likeness (QED) is 0.725. The maximum absolute atomic E-state index is 11.9. The van der Waals surface area contributed by atoms with Gasteiger partial charge >= 0.3 is 0 Å². The molecule has 0 aromatic carbocycles. The van der Waals surface area contributed by atoms with E-state index in [0.29, 0.717) is 0 Å². The zero-order valence-electron chi connectivity index (χ0n) is 9.97. The highest BCUT2D eigenvalue weighted by Crippen LogP contribution is 2.32. The summed E-state index contributed by atoms with van der Waals surface area (Å²) in [6, 6.07) is 1.85. The normalized spacial score (nSPS) is 15.3. The molecule has 0 bridgehead atoms. The van der Waals surface area contributed by atoms with Crippen LogP contribution in [0.15, 0.2) is 26.0 Å². The van der Waals surface area contributed by atoms with Crippen LogP contribution in [-0.4, -0.2) is 12.5 Å². The van der Waals surface area contributed by atoms with Gasteiger partial charge in [0.15, 0.2) is 0 Å². The lowest BCUT2D eigenvalue weighted by atomic mass is 9.97. The van der Waals surface area contributed by atoms with Crippen LogP contribution in [0.1, 0.15) is 41.8 Å². The number of allylic oxidation sites excluding steroid dienone is 1. The Bertz CT molecular complexity index is 448. The Morgan fingerprint density at radius 1 is 1.39 bits per heavy atom. The minimum atomic E-state index is 0.0165. The molecule has 1 aromatic rings. The highest BCUT2D eigenvalue weighted by Gasteiger charge is 2.11. The van der Waals surface area contributed by atoms with Gasteiger partial charge in [0.05, 0.1) is 8.66 Å². The van der Waals surface area contributed by atoms with Crippen molar-refractivity contribution in [2.75, 3.05) is 6.54 Å². The van der Waals surface area contributed by atoms with Crippen molar-refractivity contribution in [3.63, 3.8) is 0 Å². The van der Waals surface area contributed by atoms with Gasteiger partial charge in [0.2, 0.25) is 0 Å². The summed E-state index contributed by atoms with van der Waals surface area (Å²) in [5.41, 5.74) is 1.50. The molecule has 1 aliphatic carbocycles. The molecule has 1 heterocycles. The van der Waals surface area contributed by atoms with Crippen LogP contribution in [0.5, 0.6) is 0 Å². The van der Waals surface area contributed by atoms with Gasteiger partial charge in [-0.15, -0.1) is 11.3 Å². The molecule has 2 rings (SSSR count). The van der Waals surface area contributed by atoms with Crippen LogP contribution in [0, 0.1) is 0 Å². The molecule has 1 aliphatic rings. The van der Waals surface area contributed by atoms with E-state index in [9.17, 15) is 4.79 Å². The molecule has 0 atom stereocenters. The summed E-state index contributed by atoms with van der Waals surface area (Å²) in [5.74, 6) is 0.0165. The largest absolute Gasteiger partial charge is 0.351 e. The fourth-order valence-corrected chi connectivity index (χ4v) is 3.97. The standard InChI is InChI=1S/C13H15Br2NOS/c14-10-8-11(18-12(10)15)13(17)16-7-6-9-4-2-1-3-5-9/h4,8H,1-3,5-7H2,(H,16,17). The zero-order valence-corrected chi connectivity index (χ0v) is 14.0. The van der Waals surface area contributed by atoms with Crippen LogP contribution in [0.4, 0.5) is 0 Å². The number of rotatable bonds is 4. The predicted molar refractivity (Wildman–Crippen MR) is 83.2 cm³/mol. The molecule has 2 nitrogen and oxygen atoms in total. The third-order valence-electron chi connectivity index (χ3n) is 2.99. The van der Waals surface area contributed by atoms with E-state index in [2.05, 4.69) is 43.3 Å². The van der Waals surface area contributed by atoms with E-state index in [0.717, 1.165) is 26.1 Å². The number of nitrogens with one attached hydrogen (secondary N) is 1. The molecule has 1 aromatic heterocycles. The van der Waals surface area contributed by atoms with Crippen LogP contribution in [-0.2, 0) is 0 Å². The summed E-state index contributed by atoms with van der Waals surface area (Å²) in [5, 5.41) is 2.98. The number of amides is 1. The monoisotopic (exact) mass is 391 g/mol. The van der Waals surface area contributed by atoms with Crippen LogP contribution >= 0.6 is 43.2 Å². The first-order valence-corrected chi connectivity index (χ1v) is 8.48. The van der Waals surface area contributed by atoms with Crippen LogP contribution < -0.4 is 5.32 Å². The lowest BCUT2D eigenvalue weighted by molar-refractivity contribution is 0.0958. The Morgan fingerprint density at radius 3 is 2.83 bits per heavy atom. The van der Waals surface area contributed by atoms with Crippen molar-refractivity contribution in [3.05, 3.63) is 30.9 Å². The van der Waals surface area contributed by atoms with Gasteiger partial charge in [-0.1, -0.05) is 11.6 Å². The molecule has 98 valence electrons. The number of hydrogen-bond donors (Lipinski definition) is 1. The maximum atomic E-state index is 11.9. The average Bonchev–Trinajstić information content (AvgIpc) is 2.71. The molecule has 1 amide bonds.